The Hall–Kier alpha value is -2.51. The topological polar surface area (TPSA) is 70.5 Å². The zero-order valence-electron chi connectivity index (χ0n) is 14.5. The van der Waals surface area contributed by atoms with E-state index in [9.17, 15) is 17.9 Å². The number of sulfone groups is 1. The van der Waals surface area contributed by atoms with E-state index in [1.165, 1.54) is 24.4 Å². The van der Waals surface area contributed by atoms with Crippen molar-refractivity contribution in [3.8, 4) is 0 Å². The standard InChI is InChI=1S/C20H19FN2O3S/c21-19-6-1-3-14-11-18(13-22-20(14)19)27(25,26)17-5-2-4-15(12-17)23-9-7-16(24)8-10-23/h1-6,11-13,16,24H,7-10H2. The highest BCUT2D eigenvalue weighted by Crippen LogP contribution is 2.28. The Morgan fingerprint density at radius 2 is 1.78 bits per heavy atom. The van der Waals surface area contributed by atoms with Crippen LogP contribution in [0.2, 0.25) is 0 Å². The van der Waals surface area contributed by atoms with Gasteiger partial charge in [-0.3, -0.25) is 4.98 Å². The zero-order chi connectivity index (χ0) is 19.0. The molecule has 1 N–H and O–H groups in total. The molecule has 27 heavy (non-hydrogen) atoms. The van der Waals surface area contributed by atoms with Crippen molar-refractivity contribution < 1.29 is 17.9 Å². The molecule has 2 heterocycles. The third-order valence-electron chi connectivity index (χ3n) is 4.90. The molecule has 5 nitrogen and oxygen atoms in total. The molecule has 0 radical (unpaired) electrons. The SMILES string of the molecule is O=S(=O)(c1cccc(N2CCC(O)CC2)c1)c1cnc2c(F)cccc2c1. The van der Waals surface area contributed by atoms with E-state index in [-0.39, 0.29) is 21.4 Å². The molecule has 1 saturated heterocycles. The van der Waals surface area contributed by atoms with Crippen molar-refractivity contribution in [1.29, 1.82) is 0 Å². The lowest BCUT2D eigenvalue weighted by atomic mass is 10.1. The maximum absolute atomic E-state index is 13.8. The van der Waals surface area contributed by atoms with Crippen molar-refractivity contribution in [2.75, 3.05) is 18.0 Å². The molecule has 0 atom stereocenters. The molecule has 7 heteroatoms. The van der Waals surface area contributed by atoms with Crippen LogP contribution in [0.15, 0.2) is 64.5 Å². The Morgan fingerprint density at radius 3 is 2.56 bits per heavy atom. The summed E-state index contributed by atoms with van der Waals surface area (Å²) in [6.45, 7) is 1.36. The summed E-state index contributed by atoms with van der Waals surface area (Å²) in [4.78, 5) is 6.27. The van der Waals surface area contributed by atoms with Crippen molar-refractivity contribution in [2.24, 2.45) is 0 Å². The highest BCUT2D eigenvalue weighted by Gasteiger charge is 2.22. The predicted molar refractivity (Wildman–Crippen MR) is 101 cm³/mol. The number of piperidine rings is 1. The van der Waals surface area contributed by atoms with Gasteiger partial charge in [-0.15, -0.1) is 0 Å². The quantitative estimate of drug-likeness (QED) is 0.749. The number of nitrogens with zero attached hydrogens (tertiary/aromatic N) is 2. The number of aliphatic hydroxyl groups is 1. The van der Waals surface area contributed by atoms with E-state index in [1.54, 1.807) is 24.3 Å². The van der Waals surface area contributed by atoms with Crippen molar-refractivity contribution >= 4 is 26.4 Å². The van der Waals surface area contributed by atoms with Gasteiger partial charge in [0.25, 0.3) is 0 Å². The monoisotopic (exact) mass is 386 g/mol. The van der Waals surface area contributed by atoms with Gasteiger partial charge in [-0.2, -0.15) is 0 Å². The van der Waals surface area contributed by atoms with Gasteiger partial charge >= 0.3 is 0 Å². The third-order valence-corrected chi connectivity index (χ3v) is 6.62. The molecule has 140 valence electrons. The Kier molecular flexibility index (Phi) is 4.57. The third kappa shape index (κ3) is 3.40. The molecule has 0 amide bonds. The first-order valence-electron chi connectivity index (χ1n) is 8.77. The van der Waals surface area contributed by atoms with Crippen LogP contribution < -0.4 is 4.90 Å². The van der Waals surface area contributed by atoms with Crippen LogP contribution in [0.25, 0.3) is 10.9 Å². The number of benzene rings is 2. The first-order chi connectivity index (χ1) is 12.9. The summed E-state index contributed by atoms with van der Waals surface area (Å²) in [6.07, 6.45) is 2.23. The fourth-order valence-electron chi connectivity index (χ4n) is 3.36. The summed E-state index contributed by atoms with van der Waals surface area (Å²) in [5.74, 6) is -0.481. The average molecular weight is 386 g/mol. The summed E-state index contributed by atoms with van der Waals surface area (Å²) in [5, 5.41) is 10.1. The fourth-order valence-corrected chi connectivity index (χ4v) is 4.64. The zero-order valence-corrected chi connectivity index (χ0v) is 15.4. The van der Waals surface area contributed by atoms with Crippen LogP contribution >= 0.6 is 0 Å². The lowest BCUT2D eigenvalue weighted by Crippen LogP contribution is -2.35. The van der Waals surface area contributed by atoms with E-state index in [1.807, 2.05) is 6.07 Å². The molecule has 0 aliphatic carbocycles. The number of hydrogen-bond donors (Lipinski definition) is 1. The van der Waals surface area contributed by atoms with Crippen LogP contribution in [-0.2, 0) is 9.84 Å². The summed E-state index contributed by atoms with van der Waals surface area (Å²) >= 11 is 0. The van der Waals surface area contributed by atoms with Crippen LogP contribution in [-0.4, -0.2) is 37.7 Å². The van der Waals surface area contributed by atoms with Crippen LogP contribution in [0.3, 0.4) is 0 Å². The lowest BCUT2D eigenvalue weighted by molar-refractivity contribution is 0.145. The molecule has 2 aromatic carbocycles. The second-order valence-corrected chi connectivity index (χ2v) is 8.65. The van der Waals surface area contributed by atoms with Crippen molar-refractivity contribution in [1.82, 2.24) is 4.98 Å². The van der Waals surface area contributed by atoms with Gasteiger partial charge in [-0.1, -0.05) is 18.2 Å². The molecule has 1 fully saturated rings. The Labute approximate surface area is 157 Å². The molecule has 1 aromatic heterocycles. The van der Waals surface area contributed by atoms with Crippen LogP contribution in [0, 0.1) is 5.82 Å². The van der Waals surface area contributed by atoms with E-state index >= 15 is 0 Å². The maximum atomic E-state index is 13.8. The molecule has 3 aromatic rings. The first kappa shape index (κ1) is 17.9. The van der Waals surface area contributed by atoms with E-state index in [0.717, 1.165) is 5.69 Å². The van der Waals surface area contributed by atoms with Crippen molar-refractivity contribution in [2.45, 2.75) is 28.7 Å². The number of aliphatic hydroxyl groups excluding tert-OH is 1. The molecule has 4 rings (SSSR count). The minimum Gasteiger partial charge on any atom is -0.393 e. The smallest absolute Gasteiger partial charge is 0.208 e. The first-order valence-corrected chi connectivity index (χ1v) is 10.3. The van der Waals surface area contributed by atoms with Gasteiger partial charge in [0.15, 0.2) is 0 Å². The fraction of sp³-hybridized carbons (Fsp3) is 0.250. The highest BCUT2D eigenvalue weighted by atomic mass is 32.2. The van der Waals surface area contributed by atoms with Crippen molar-refractivity contribution in [3.05, 3.63) is 60.5 Å². The Balaban J connectivity index is 1.71. The van der Waals surface area contributed by atoms with Crippen LogP contribution in [0.1, 0.15) is 12.8 Å². The molecular formula is C20H19FN2O3S. The Bertz CT molecular complexity index is 1090. The van der Waals surface area contributed by atoms with Gasteiger partial charge in [-0.25, -0.2) is 12.8 Å². The van der Waals surface area contributed by atoms with Gasteiger partial charge in [0.05, 0.1) is 15.9 Å². The normalized spacial score (nSPS) is 16.0. The van der Waals surface area contributed by atoms with E-state index in [4.69, 9.17) is 0 Å². The molecule has 1 aliphatic rings. The minimum atomic E-state index is -3.78. The van der Waals surface area contributed by atoms with Crippen LogP contribution in [0.4, 0.5) is 10.1 Å². The number of fused-ring (bicyclic) bond motifs is 1. The number of para-hydroxylation sites is 1. The average Bonchev–Trinajstić information content (AvgIpc) is 2.68. The molecule has 0 spiro atoms. The maximum Gasteiger partial charge on any atom is 0.208 e. The van der Waals surface area contributed by atoms with E-state index in [0.29, 0.717) is 31.3 Å². The van der Waals surface area contributed by atoms with Crippen molar-refractivity contribution in [3.63, 3.8) is 0 Å². The summed E-state index contributed by atoms with van der Waals surface area (Å²) in [6, 6.07) is 12.7. The molecule has 0 unspecified atom stereocenters. The number of rotatable bonds is 3. The largest absolute Gasteiger partial charge is 0.393 e. The summed E-state index contributed by atoms with van der Waals surface area (Å²) < 4.78 is 39.9. The van der Waals surface area contributed by atoms with Gasteiger partial charge in [-0.05, 0) is 43.2 Å². The molecule has 0 saturated carbocycles. The number of halogens is 1. The van der Waals surface area contributed by atoms with Gasteiger partial charge < -0.3 is 10.0 Å². The Morgan fingerprint density at radius 1 is 1.04 bits per heavy atom. The summed E-state index contributed by atoms with van der Waals surface area (Å²) in [5.41, 5.74) is 0.958. The summed E-state index contributed by atoms with van der Waals surface area (Å²) in [7, 11) is -3.78. The lowest BCUT2D eigenvalue weighted by Gasteiger charge is -2.31. The van der Waals surface area contributed by atoms with Gasteiger partial charge in [0.2, 0.25) is 9.84 Å². The van der Waals surface area contributed by atoms with Crippen LogP contribution in [0.5, 0.6) is 0 Å². The number of hydrogen-bond acceptors (Lipinski definition) is 5. The second-order valence-electron chi connectivity index (χ2n) is 6.70. The van der Waals surface area contributed by atoms with Gasteiger partial charge in [0.1, 0.15) is 11.3 Å². The second kappa shape index (κ2) is 6.90. The van der Waals surface area contributed by atoms with E-state index in [2.05, 4.69) is 9.88 Å². The minimum absolute atomic E-state index is 0.0341. The number of pyridine rings is 1. The number of anilines is 1. The number of aromatic nitrogens is 1. The van der Waals surface area contributed by atoms with E-state index < -0.39 is 15.7 Å². The molecule has 1 aliphatic heterocycles. The molecular weight excluding hydrogens is 367 g/mol. The van der Waals surface area contributed by atoms with Gasteiger partial charge in [0, 0.05) is 30.4 Å². The molecule has 0 bridgehead atoms. The predicted octanol–water partition coefficient (Wildman–Crippen LogP) is 3.17. The highest BCUT2D eigenvalue weighted by molar-refractivity contribution is 7.91.